The van der Waals surface area contributed by atoms with Crippen molar-refractivity contribution in [2.24, 2.45) is 0 Å². The third-order valence-corrected chi connectivity index (χ3v) is 5.10. The number of pyridine rings is 1. The van der Waals surface area contributed by atoms with Crippen LogP contribution in [0.1, 0.15) is 10.5 Å². The van der Waals surface area contributed by atoms with Crippen LogP contribution in [0.3, 0.4) is 0 Å². The summed E-state index contributed by atoms with van der Waals surface area (Å²) < 4.78 is 24.3. The van der Waals surface area contributed by atoms with E-state index >= 15 is 0 Å². The summed E-state index contributed by atoms with van der Waals surface area (Å²) in [4.78, 5) is 20.4. The Bertz CT molecular complexity index is 1030. The fourth-order valence-electron chi connectivity index (χ4n) is 2.02. The molecule has 3 N–H and O–H groups in total. The predicted octanol–water partition coefficient (Wildman–Crippen LogP) is 2.49. The average Bonchev–Trinajstić information content (AvgIpc) is 2.96. The average molecular weight is 385 g/mol. The minimum Gasteiger partial charge on any atom is -0.350 e. The van der Waals surface area contributed by atoms with Crippen molar-refractivity contribution < 1.29 is 13.2 Å². The number of fused-ring (bicyclic) bond motifs is 1. The molecule has 1 aromatic carbocycles. The van der Waals surface area contributed by atoms with Crippen molar-refractivity contribution in [1.82, 2.24) is 20.2 Å². The van der Waals surface area contributed by atoms with Gasteiger partial charge in [-0.05, 0) is 30.3 Å². The second kappa shape index (κ2) is 6.40. The Hall–Kier alpha value is -2.13. The number of sulfonamides is 1. The summed E-state index contributed by atoms with van der Waals surface area (Å²) in [6, 6.07) is 7.97. The Labute approximate surface area is 147 Å². The van der Waals surface area contributed by atoms with Crippen molar-refractivity contribution in [3.05, 3.63) is 58.5 Å². The van der Waals surface area contributed by atoms with Crippen LogP contribution >= 0.6 is 23.2 Å². The van der Waals surface area contributed by atoms with Gasteiger partial charge in [0.1, 0.15) is 10.6 Å². The Morgan fingerprint density at radius 2 is 1.96 bits per heavy atom. The maximum absolute atomic E-state index is 12.1. The van der Waals surface area contributed by atoms with Gasteiger partial charge in [-0.1, -0.05) is 23.2 Å². The molecule has 3 aromatic rings. The summed E-state index contributed by atoms with van der Waals surface area (Å²) in [6.45, 7) is 0. The van der Waals surface area contributed by atoms with Gasteiger partial charge in [-0.3, -0.25) is 15.2 Å². The van der Waals surface area contributed by atoms with Crippen molar-refractivity contribution in [1.29, 1.82) is 0 Å². The molecule has 3 rings (SSSR count). The highest BCUT2D eigenvalue weighted by molar-refractivity contribution is 7.89. The molecule has 0 saturated carbocycles. The van der Waals surface area contributed by atoms with Crippen molar-refractivity contribution in [3.63, 3.8) is 0 Å². The number of aromatic nitrogens is 2. The normalized spacial score (nSPS) is 11.6. The SMILES string of the molecule is O=C(NNS(=O)(=O)c1cnccc1Cl)c1cc2cc(Cl)ccc2[nH]1. The van der Waals surface area contributed by atoms with Crippen LogP contribution in [0.5, 0.6) is 0 Å². The van der Waals surface area contributed by atoms with Gasteiger partial charge >= 0.3 is 0 Å². The minimum absolute atomic E-state index is 0.00740. The van der Waals surface area contributed by atoms with Crippen molar-refractivity contribution in [2.75, 3.05) is 0 Å². The molecule has 7 nitrogen and oxygen atoms in total. The molecule has 0 aliphatic carbocycles. The summed E-state index contributed by atoms with van der Waals surface area (Å²) in [7, 11) is -4.04. The van der Waals surface area contributed by atoms with E-state index in [-0.39, 0.29) is 15.6 Å². The number of H-pyrrole nitrogens is 1. The first-order valence-electron chi connectivity index (χ1n) is 6.57. The predicted molar refractivity (Wildman–Crippen MR) is 90.3 cm³/mol. The standard InChI is InChI=1S/C14H10Cl2N4O3S/c15-9-1-2-11-8(5-9)6-12(18-11)14(21)19-20-24(22,23)13-7-17-4-3-10(13)16/h1-7,18,20H,(H,19,21). The molecule has 1 amide bonds. The molecule has 0 saturated heterocycles. The fraction of sp³-hybridized carbons (Fsp3) is 0. The highest BCUT2D eigenvalue weighted by Crippen LogP contribution is 2.20. The van der Waals surface area contributed by atoms with Crippen molar-refractivity contribution >= 4 is 50.0 Å². The van der Waals surface area contributed by atoms with Crippen LogP contribution in [0.25, 0.3) is 10.9 Å². The molecule has 0 spiro atoms. The monoisotopic (exact) mass is 384 g/mol. The van der Waals surface area contributed by atoms with E-state index in [4.69, 9.17) is 23.2 Å². The highest BCUT2D eigenvalue weighted by Gasteiger charge is 2.19. The van der Waals surface area contributed by atoms with Gasteiger partial charge in [0.15, 0.2) is 0 Å². The lowest BCUT2D eigenvalue weighted by atomic mass is 10.2. The van der Waals surface area contributed by atoms with Crippen LogP contribution in [0.15, 0.2) is 47.6 Å². The molecule has 2 heterocycles. The zero-order chi connectivity index (χ0) is 17.3. The molecular weight excluding hydrogens is 375 g/mol. The number of halogens is 2. The summed E-state index contributed by atoms with van der Waals surface area (Å²) in [6.07, 6.45) is 2.44. The molecule has 0 fully saturated rings. The maximum atomic E-state index is 12.1. The molecule has 0 unspecified atom stereocenters. The summed E-state index contributed by atoms with van der Waals surface area (Å²) in [5.41, 5.74) is 2.98. The Kier molecular flexibility index (Phi) is 4.46. The molecule has 0 aliphatic rings. The Morgan fingerprint density at radius 3 is 2.71 bits per heavy atom. The molecule has 0 radical (unpaired) electrons. The first-order valence-corrected chi connectivity index (χ1v) is 8.81. The molecule has 0 bridgehead atoms. The van der Waals surface area contributed by atoms with Gasteiger partial charge in [0, 0.05) is 28.3 Å². The summed E-state index contributed by atoms with van der Waals surface area (Å²) in [5, 5.41) is 1.25. The number of rotatable bonds is 4. The Morgan fingerprint density at radius 1 is 1.17 bits per heavy atom. The number of amides is 1. The van der Waals surface area contributed by atoms with Crippen LogP contribution < -0.4 is 10.3 Å². The van der Waals surface area contributed by atoms with Crippen LogP contribution in [0.2, 0.25) is 10.0 Å². The third-order valence-electron chi connectivity index (χ3n) is 3.15. The van der Waals surface area contributed by atoms with E-state index < -0.39 is 15.9 Å². The quantitative estimate of drug-likeness (QED) is 0.601. The second-order valence-electron chi connectivity index (χ2n) is 4.78. The lowest BCUT2D eigenvalue weighted by molar-refractivity contribution is 0.0941. The molecular formula is C14H10Cl2N4O3S. The first kappa shape index (κ1) is 16.7. The van der Waals surface area contributed by atoms with Crippen molar-refractivity contribution in [3.8, 4) is 0 Å². The fourth-order valence-corrected chi connectivity index (χ4v) is 3.47. The molecule has 0 aliphatic heterocycles. The van der Waals surface area contributed by atoms with E-state index in [1.54, 1.807) is 24.3 Å². The first-order chi connectivity index (χ1) is 11.4. The summed E-state index contributed by atoms with van der Waals surface area (Å²) >= 11 is 11.7. The molecule has 24 heavy (non-hydrogen) atoms. The van der Waals surface area contributed by atoms with Gasteiger partial charge < -0.3 is 4.98 Å². The maximum Gasteiger partial charge on any atom is 0.282 e. The van der Waals surface area contributed by atoms with Gasteiger partial charge in [0.05, 0.1) is 5.02 Å². The number of nitrogens with zero attached hydrogens (tertiary/aromatic N) is 1. The van der Waals surface area contributed by atoms with Crippen LogP contribution in [-0.2, 0) is 10.0 Å². The van der Waals surface area contributed by atoms with Crippen LogP contribution in [-0.4, -0.2) is 24.3 Å². The van der Waals surface area contributed by atoms with E-state index in [0.717, 1.165) is 11.6 Å². The van der Waals surface area contributed by atoms with E-state index in [2.05, 4.69) is 15.4 Å². The number of nitrogens with one attached hydrogen (secondary N) is 3. The highest BCUT2D eigenvalue weighted by atomic mass is 35.5. The minimum atomic E-state index is -4.04. The van der Waals surface area contributed by atoms with E-state index in [1.165, 1.54) is 12.3 Å². The van der Waals surface area contributed by atoms with E-state index in [1.807, 2.05) is 4.83 Å². The number of carbonyl (C=O) groups is 1. The van der Waals surface area contributed by atoms with Crippen molar-refractivity contribution in [2.45, 2.75) is 4.90 Å². The van der Waals surface area contributed by atoms with Crippen LogP contribution in [0.4, 0.5) is 0 Å². The van der Waals surface area contributed by atoms with Gasteiger partial charge in [-0.2, -0.15) is 0 Å². The number of carbonyl (C=O) groups excluding carboxylic acids is 1. The summed E-state index contributed by atoms with van der Waals surface area (Å²) in [5.74, 6) is -0.661. The molecule has 2 aromatic heterocycles. The molecule has 124 valence electrons. The number of benzene rings is 1. The topological polar surface area (TPSA) is 104 Å². The number of aromatic amines is 1. The van der Waals surface area contributed by atoms with E-state index in [9.17, 15) is 13.2 Å². The zero-order valence-corrected chi connectivity index (χ0v) is 14.2. The zero-order valence-electron chi connectivity index (χ0n) is 11.9. The second-order valence-corrected chi connectivity index (χ2v) is 7.27. The van der Waals surface area contributed by atoms with Gasteiger partial charge in [0.25, 0.3) is 15.9 Å². The molecule has 0 atom stereocenters. The van der Waals surface area contributed by atoms with Gasteiger partial charge in [-0.25, -0.2) is 8.42 Å². The lowest BCUT2D eigenvalue weighted by Gasteiger charge is -2.08. The molecule has 10 heteroatoms. The lowest BCUT2D eigenvalue weighted by Crippen LogP contribution is -2.41. The smallest absolute Gasteiger partial charge is 0.282 e. The van der Waals surface area contributed by atoms with Crippen LogP contribution in [0, 0.1) is 0 Å². The van der Waals surface area contributed by atoms with E-state index in [0.29, 0.717) is 10.5 Å². The largest absolute Gasteiger partial charge is 0.350 e. The van der Waals surface area contributed by atoms with Gasteiger partial charge in [-0.15, -0.1) is 4.83 Å². The van der Waals surface area contributed by atoms with Gasteiger partial charge in [0.2, 0.25) is 0 Å². The number of hydrazine groups is 1. The number of hydrogen-bond acceptors (Lipinski definition) is 4. The third kappa shape index (κ3) is 3.36. The Balaban J connectivity index is 1.78. The number of hydrogen-bond donors (Lipinski definition) is 3.